The van der Waals surface area contributed by atoms with Gasteiger partial charge in [-0.15, -0.1) is 0 Å². The van der Waals surface area contributed by atoms with Gasteiger partial charge in [-0.1, -0.05) is 6.92 Å². The van der Waals surface area contributed by atoms with E-state index in [9.17, 15) is 4.79 Å². The Kier molecular flexibility index (Phi) is 4.40. The van der Waals surface area contributed by atoms with E-state index in [4.69, 9.17) is 5.73 Å². The van der Waals surface area contributed by atoms with Gasteiger partial charge in [-0.25, -0.2) is 4.98 Å². The average Bonchev–Trinajstić information content (AvgIpc) is 2.89. The maximum Gasteiger partial charge on any atom is 0.247 e. The smallest absolute Gasteiger partial charge is 0.247 e. The predicted octanol–water partition coefficient (Wildman–Crippen LogP) is 2.62. The third-order valence-corrected chi connectivity index (χ3v) is 3.20. The van der Waals surface area contributed by atoms with Crippen molar-refractivity contribution in [3.05, 3.63) is 42.5 Å². The van der Waals surface area contributed by atoms with Crippen LogP contribution in [0.15, 0.2) is 36.7 Å². The molecule has 0 aliphatic heterocycles. The molecule has 2 aromatic rings. The number of rotatable bonds is 5. The number of imidazole rings is 1. The molecule has 1 heterocycles. The fourth-order valence-electron chi connectivity index (χ4n) is 2.05. The molecule has 1 unspecified atom stereocenters. The van der Waals surface area contributed by atoms with Gasteiger partial charge in [0.1, 0.15) is 11.9 Å². The zero-order valence-corrected chi connectivity index (χ0v) is 11.8. The lowest BCUT2D eigenvalue weighted by Crippen LogP contribution is -2.24. The predicted molar refractivity (Wildman–Crippen MR) is 80.4 cm³/mol. The minimum absolute atomic E-state index is 0.0647. The summed E-state index contributed by atoms with van der Waals surface area (Å²) >= 11 is 0. The van der Waals surface area contributed by atoms with Gasteiger partial charge < -0.3 is 15.6 Å². The van der Waals surface area contributed by atoms with E-state index >= 15 is 0 Å². The second-order valence-electron chi connectivity index (χ2n) is 4.79. The summed E-state index contributed by atoms with van der Waals surface area (Å²) in [6.07, 6.45) is 5.45. The van der Waals surface area contributed by atoms with Crippen LogP contribution in [-0.4, -0.2) is 15.5 Å². The maximum atomic E-state index is 12.3. The molecule has 1 amide bonds. The Balaban J connectivity index is 2.08. The third kappa shape index (κ3) is 3.17. The van der Waals surface area contributed by atoms with E-state index in [1.165, 1.54) is 0 Å². The Morgan fingerprint density at radius 1 is 1.40 bits per heavy atom. The van der Waals surface area contributed by atoms with Gasteiger partial charge in [0.15, 0.2) is 0 Å². The Bertz CT molecular complexity index is 574. The highest BCUT2D eigenvalue weighted by molar-refractivity contribution is 5.93. The van der Waals surface area contributed by atoms with Gasteiger partial charge in [0, 0.05) is 30.2 Å². The molecule has 1 atom stereocenters. The van der Waals surface area contributed by atoms with Crippen molar-refractivity contribution in [2.75, 3.05) is 11.1 Å². The van der Waals surface area contributed by atoms with E-state index in [1.54, 1.807) is 30.5 Å². The number of carbonyl (C=O) groups excluding carboxylic acids is 1. The van der Waals surface area contributed by atoms with Crippen molar-refractivity contribution in [1.29, 1.82) is 0 Å². The summed E-state index contributed by atoms with van der Waals surface area (Å²) < 4.78 is 1.91. The lowest BCUT2D eigenvalue weighted by atomic mass is 10.2. The van der Waals surface area contributed by atoms with Crippen LogP contribution in [0.3, 0.4) is 0 Å². The van der Waals surface area contributed by atoms with Crippen molar-refractivity contribution in [3.8, 4) is 0 Å². The SMILES string of the molecule is CCCc1nccn1C(C)C(=O)Nc1ccc(N)cc1. The highest BCUT2D eigenvalue weighted by Gasteiger charge is 2.17. The molecular weight excluding hydrogens is 252 g/mol. The first-order valence-electron chi connectivity index (χ1n) is 6.80. The fourth-order valence-corrected chi connectivity index (χ4v) is 2.05. The van der Waals surface area contributed by atoms with Gasteiger partial charge in [0.25, 0.3) is 0 Å². The number of benzene rings is 1. The minimum atomic E-state index is -0.295. The first-order valence-corrected chi connectivity index (χ1v) is 6.80. The highest BCUT2D eigenvalue weighted by Crippen LogP contribution is 2.15. The van der Waals surface area contributed by atoms with Gasteiger partial charge in [-0.2, -0.15) is 0 Å². The number of nitrogens with zero attached hydrogens (tertiary/aromatic N) is 2. The van der Waals surface area contributed by atoms with E-state index in [0.717, 1.165) is 24.4 Å². The van der Waals surface area contributed by atoms with Crippen LogP contribution >= 0.6 is 0 Å². The fraction of sp³-hybridized carbons (Fsp3) is 0.333. The molecular formula is C15H20N4O. The van der Waals surface area contributed by atoms with Crippen LogP contribution in [0, 0.1) is 0 Å². The van der Waals surface area contributed by atoms with Crippen LogP contribution in [0.5, 0.6) is 0 Å². The Labute approximate surface area is 118 Å². The Morgan fingerprint density at radius 3 is 2.75 bits per heavy atom. The molecule has 0 aliphatic carbocycles. The quantitative estimate of drug-likeness (QED) is 0.822. The molecule has 2 rings (SSSR count). The van der Waals surface area contributed by atoms with Gasteiger partial charge in [0.2, 0.25) is 5.91 Å². The average molecular weight is 272 g/mol. The molecule has 3 N–H and O–H groups in total. The summed E-state index contributed by atoms with van der Waals surface area (Å²) in [5, 5.41) is 2.88. The van der Waals surface area contributed by atoms with Crippen molar-refractivity contribution < 1.29 is 4.79 Å². The van der Waals surface area contributed by atoms with Gasteiger partial charge >= 0.3 is 0 Å². The molecule has 0 saturated heterocycles. The molecule has 5 nitrogen and oxygen atoms in total. The zero-order chi connectivity index (χ0) is 14.5. The summed E-state index contributed by atoms with van der Waals surface area (Å²) in [6, 6.07) is 6.82. The number of hydrogen-bond acceptors (Lipinski definition) is 3. The van der Waals surface area contributed by atoms with Gasteiger partial charge in [-0.3, -0.25) is 4.79 Å². The number of carbonyl (C=O) groups is 1. The zero-order valence-electron chi connectivity index (χ0n) is 11.8. The van der Waals surface area contributed by atoms with Crippen LogP contribution in [0.2, 0.25) is 0 Å². The van der Waals surface area contributed by atoms with Crippen molar-refractivity contribution >= 4 is 17.3 Å². The number of hydrogen-bond donors (Lipinski definition) is 2. The number of amides is 1. The maximum absolute atomic E-state index is 12.3. The summed E-state index contributed by atoms with van der Waals surface area (Å²) in [5.41, 5.74) is 7.04. The molecule has 0 aliphatic rings. The summed E-state index contributed by atoms with van der Waals surface area (Å²) in [4.78, 5) is 16.6. The molecule has 0 saturated carbocycles. The number of aromatic nitrogens is 2. The normalized spacial score (nSPS) is 12.1. The Hall–Kier alpha value is -2.30. The number of aryl methyl sites for hydroxylation is 1. The van der Waals surface area contributed by atoms with E-state index in [0.29, 0.717) is 5.69 Å². The topological polar surface area (TPSA) is 72.9 Å². The van der Waals surface area contributed by atoms with Crippen molar-refractivity contribution in [3.63, 3.8) is 0 Å². The summed E-state index contributed by atoms with van der Waals surface area (Å²) in [6.45, 7) is 3.96. The molecule has 20 heavy (non-hydrogen) atoms. The van der Waals surface area contributed by atoms with Gasteiger partial charge in [0.05, 0.1) is 0 Å². The van der Waals surface area contributed by atoms with Crippen molar-refractivity contribution in [1.82, 2.24) is 9.55 Å². The standard InChI is InChI=1S/C15H20N4O/c1-3-4-14-17-9-10-19(14)11(2)15(20)18-13-7-5-12(16)6-8-13/h5-11H,3-4,16H2,1-2H3,(H,18,20). The third-order valence-electron chi connectivity index (χ3n) is 3.20. The largest absolute Gasteiger partial charge is 0.399 e. The molecule has 106 valence electrons. The first-order chi connectivity index (χ1) is 9.61. The van der Waals surface area contributed by atoms with Crippen LogP contribution in [-0.2, 0) is 11.2 Å². The van der Waals surface area contributed by atoms with E-state index < -0.39 is 0 Å². The molecule has 1 aromatic heterocycles. The van der Waals surface area contributed by atoms with E-state index in [2.05, 4.69) is 17.2 Å². The molecule has 0 radical (unpaired) electrons. The second-order valence-corrected chi connectivity index (χ2v) is 4.79. The summed E-state index contributed by atoms with van der Waals surface area (Å²) in [5.74, 6) is 0.873. The Morgan fingerprint density at radius 2 is 2.10 bits per heavy atom. The van der Waals surface area contributed by atoms with Crippen molar-refractivity contribution in [2.45, 2.75) is 32.7 Å². The van der Waals surface area contributed by atoms with Crippen LogP contribution in [0.25, 0.3) is 0 Å². The summed E-state index contributed by atoms with van der Waals surface area (Å²) in [7, 11) is 0. The van der Waals surface area contributed by atoms with Gasteiger partial charge in [-0.05, 0) is 37.6 Å². The highest BCUT2D eigenvalue weighted by atomic mass is 16.2. The lowest BCUT2D eigenvalue weighted by molar-refractivity contribution is -0.118. The van der Waals surface area contributed by atoms with Crippen LogP contribution < -0.4 is 11.1 Å². The molecule has 1 aromatic carbocycles. The lowest BCUT2D eigenvalue weighted by Gasteiger charge is -2.16. The molecule has 0 bridgehead atoms. The van der Waals surface area contributed by atoms with Crippen LogP contribution in [0.1, 0.15) is 32.1 Å². The minimum Gasteiger partial charge on any atom is -0.399 e. The molecule has 5 heteroatoms. The number of anilines is 2. The molecule has 0 spiro atoms. The molecule has 0 fully saturated rings. The monoisotopic (exact) mass is 272 g/mol. The second kappa shape index (κ2) is 6.23. The van der Waals surface area contributed by atoms with Crippen LogP contribution in [0.4, 0.5) is 11.4 Å². The number of nitrogens with two attached hydrogens (primary N) is 1. The first kappa shape index (κ1) is 14.1. The van der Waals surface area contributed by atoms with E-state index in [-0.39, 0.29) is 11.9 Å². The number of nitrogen functional groups attached to an aromatic ring is 1. The number of nitrogens with one attached hydrogen (secondary N) is 1. The van der Waals surface area contributed by atoms with E-state index in [1.807, 2.05) is 17.7 Å². The van der Waals surface area contributed by atoms with Crippen molar-refractivity contribution in [2.24, 2.45) is 0 Å².